The highest BCUT2D eigenvalue weighted by atomic mass is 32.1. The standard InChI is InChI=1S/C26H23FN4OS/c1-16-15-22(17(2)30(16)19-10-12-21(32)13-11-19)25-24(23-5-3-4-14-28-23)29-26(33)31(25)20-8-6-18(27)7-9-20/h3-15,24-25,32H,1-2H3,(H,29,33)/t24-,25-/m1/s1. The maximum absolute atomic E-state index is 13.7. The van der Waals surface area contributed by atoms with Gasteiger partial charge in [-0.05, 0) is 98.4 Å². The number of nitrogens with zero attached hydrogens (tertiary/aromatic N) is 3. The van der Waals surface area contributed by atoms with Crippen molar-refractivity contribution in [1.82, 2.24) is 14.9 Å². The molecule has 166 valence electrons. The normalized spacial score (nSPS) is 17.9. The largest absolute Gasteiger partial charge is 0.508 e. The zero-order valence-corrected chi connectivity index (χ0v) is 19.1. The van der Waals surface area contributed by atoms with Gasteiger partial charge in [-0.3, -0.25) is 4.98 Å². The fourth-order valence-electron chi connectivity index (χ4n) is 4.64. The van der Waals surface area contributed by atoms with E-state index < -0.39 is 0 Å². The predicted octanol–water partition coefficient (Wildman–Crippen LogP) is 5.51. The van der Waals surface area contributed by atoms with Crippen LogP contribution in [0.2, 0.25) is 0 Å². The lowest BCUT2D eigenvalue weighted by atomic mass is 9.96. The van der Waals surface area contributed by atoms with E-state index in [0.717, 1.165) is 34.0 Å². The van der Waals surface area contributed by atoms with Crippen LogP contribution in [0.4, 0.5) is 10.1 Å². The van der Waals surface area contributed by atoms with Crippen LogP contribution < -0.4 is 10.2 Å². The molecule has 2 aromatic carbocycles. The summed E-state index contributed by atoms with van der Waals surface area (Å²) in [4.78, 5) is 6.64. The lowest BCUT2D eigenvalue weighted by molar-refractivity contribution is 0.475. The van der Waals surface area contributed by atoms with Crippen molar-refractivity contribution in [2.75, 3.05) is 4.90 Å². The van der Waals surface area contributed by atoms with Crippen molar-refractivity contribution in [2.24, 2.45) is 0 Å². The molecule has 0 bridgehead atoms. The van der Waals surface area contributed by atoms with Crippen LogP contribution in [0.25, 0.3) is 5.69 Å². The Morgan fingerprint density at radius 1 is 0.970 bits per heavy atom. The predicted molar refractivity (Wildman–Crippen MR) is 131 cm³/mol. The minimum absolute atomic E-state index is 0.183. The summed E-state index contributed by atoms with van der Waals surface area (Å²) in [5.41, 5.74) is 5.86. The van der Waals surface area contributed by atoms with Crippen LogP contribution in [-0.4, -0.2) is 19.8 Å². The van der Waals surface area contributed by atoms with Crippen LogP contribution in [0.3, 0.4) is 0 Å². The molecule has 0 unspecified atom stereocenters. The van der Waals surface area contributed by atoms with E-state index >= 15 is 0 Å². The smallest absolute Gasteiger partial charge is 0.174 e. The van der Waals surface area contributed by atoms with Crippen molar-refractivity contribution in [3.05, 3.63) is 107 Å². The summed E-state index contributed by atoms with van der Waals surface area (Å²) in [6.45, 7) is 4.14. The number of benzene rings is 2. The van der Waals surface area contributed by atoms with Crippen LogP contribution in [0.1, 0.15) is 34.7 Å². The molecule has 0 amide bonds. The first-order valence-electron chi connectivity index (χ1n) is 10.7. The Morgan fingerprint density at radius 3 is 2.33 bits per heavy atom. The number of rotatable bonds is 4. The number of nitrogens with one attached hydrogen (secondary N) is 1. The van der Waals surface area contributed by atoms with Gasteiger partial charge in [0.25, 0.3) is 0 Å². The second-order valence-corrected chi connectivity index (χ2v) is 8.54. The minimum atomic E-state index is -0.292. The molecule has 2 aromatic heterocycles. The Morgan fingerprint density at radius 2 is 1.67 bits per heavy atom. The van der Waals surface area contributed by atoms with Crippen molar-refractivity contribution < 1.29 is 9.50 Å². The first kappa shape index (κ1) is 21.2. The third-order valence-electron chi connectivity index (χ3n) is 6.10. The van der Waals surface area contributed by atoms with E-state index in [0.29, 0.717) is 5.11 Å². The van der Waals surface area contributed by atoms with Gasteiger partial charge in [0.2, 0.25) is 0 Å². The molecule has 2 atom stereocenters. The maximum atomic E-state index is 13.7. The van der Waals surface area contributed by atoms with E-state index in [1.807, 2.05) is 35.2 Å². The van der Waals surface area contributed by atoms with Gasteiger partial charge in [-0.2, -0.15) is 0 Å². The summed E-state index contributed by atoms with van der Waals surface area (Å²) < 4.78 is 15.8. The summed E-state index contributed by atoms with van der Waals surface area (Å²) >= 11 is 5.76. The number of hydrogen-bond acceptors (Lipinski definition) is 3. The Hall–Kier alpha value is -3.71. The zero-order valence-electron chi connectivity index (χ0n) is 18.2. The molecule has 1 aliphatic rings. The third kappa shape index (κ3) is 3.74. The van der Waals surface area contributed by atoms with Gasteiger partial charge in [-0.25, -0.2) is 4.39 Å². The molecule has 33 heavy (non-hydrogen) atoms. The van der Waals surface area contributed by atoms with Gasteiger partial charge >= 0.3 is 0 Å². The fourth-order valence-corrected chi connectivity index (χ4v) is 4.98. The van der Waals surface area contributed by atoms with Crippen molar-refractivity contribution in [2.45, 2.75) is 25.9 Å². The molecule has 0 aliphatic carbocycles. The van der Waals surface area contributed by atoms with Crippen molar-refractivity contribution in [3.8, 4) is 11.4 Å². The van der Waals surface area contributed by atoms with Crippen molar-refractivity contribution in [1.29, 1.82) is 0 Å². The molecule has 4 aromatic rings. The number of anilines is 1. The van der Waals surface area contributed by atoms with Gasteiger partial charge < -0.3 is 19.9 Å². The highest BCUT2D eigenvalue weighted by Crippen LogP contribution is 2.43. The lowest BCUT2D eigenvalue weighted by Crippen LogP contribution is -2.29. The maximum Gasteiger partial charge on any atom is 0.174 e. The SMILES string of the molecule is Cc1cc([C@@H]2[C@@H](c3ccccn3)NC(=S)N2c2ccc(F)cc2)c(C)n1-c1ccc(O)cc1. The first-order chi connectivity index (χ1) is 15.9. The Bertz CT molecular complexity index is 1300. The average molecular weight is 459 g/mol. The highest BCUT2D eigenvalue weighted by molar-refractivity contribution is 7.80. The Balaban J connectivity index is 1.67. The van der Waals surface area contributed by atoms with Gasteiger partial charge in [-0.15, -0.1) is 0 Å². The molecular weight excluding hydrogens is 435 g/mol. The van der Waals surface area contributed by atoms with Crippen LogP contribution in [0, 0.1) is 19.7 Å². The quantitative estimate of drug-likeness (QED) is 0.395. The number of aromatic hydroxyl groups is 1. The fraction of sp³-hybridized carbons (Fsp3) is 0.154. The van der Waals surface area contributed by atoms with Gasteiger partial charge in [0.1, 0.15) is 11.6 Å². The number of aromatic nitrogens is 2. The molecule has 0 radical (unpaired) electrons. The number of phenols is 1. The number of pyridine rings is 1. The number of halogens is 1. The van der Waals surface area contributed by atoms with E-state index in [1.54, 1.807) is 30.5 Å². The molecule has 0 saturated carbocycles. The summed E-state index contributed by atoms with van der Waals surface area (Å²) in [5, 5.41) is 13.7. The molecule has 5 rings (SSSR count). The lowest BCUT2D eigenvalue weighted by Gasteiger charge is -2.28. The van der Waals surface area contributed by atoms with Crippen LogP contribution >= 0.6 is 12.2 Å². The molecule has 7 heteroatoms. The monoisotopic (exact) mass is 458 g/mol. The molecule has 0 spiro atoms. The summed E-state index contributed by atoms with van der Waals surface area (Å²) in [7, 11) is 0. The van der Waals surface area contributed by atoms with E-state index in [2.05, 4.69) is 34.8 Å². The van der Waals surface area contributed by atoms with Crippen molar-refractivity contribution >= 4 is 23.0 Å². The first-order valence-corrected chi connectivity index (χ1v) is 11.1. The van der Waals surface area contributed by atoms with Gasteiger partial charge in [0.05, 0.1) is 17.8 Å². The Kier molecular flexibility index (Phi) is 5.34. The zero-order chi connectivity index (χ0) is 23.1. The second-order valence-electron chi connectivity index (χ2n) is 8.15. The molecule has 5 nitrogen and oxygen atoms in total. The topological polar surface area (TPSA) is 53.3 Å². The van der Waals surface area contributed by atoms with Crippen LogP contribution in [0.5, 0.6) is 5.75 Å². The van der Waals surface area contributed by atoms with Gasteiger partial charge in [0, 0.05) is 29.0 Å². The molecule has 3 heterocycles. The molecule has 1 aliphatic heterocycles. The summed E-state index contributed by atoms with van der Waals surface area (Å²) in [5.74, 6) is -0.0652. The molecule has 1 fully saturated rings. The molecular formula is C26H23FN4OS. The van der Waals surface area contributed by atoms with E-state index in [4.69, 9.17) is 12.2 Å². The van der Waals surface area contributed by atoms with Crippen LogP contribution in [0.15, 0.2) is 79.0 Å². The van der Waals surface area contributed by atoms with Crippen molar-refractivity contribution in [3.63, 3.8) is 0 Å². The second kappa shape index (κ2) is 8.33. The molecule has 1 saturated heterocycles. The number of aryl methyl sites for hydroxylation is 1. The summed E-state index contributed by atoms with van der Waals surface area (Å²) in [6.07, 6.45) is 1.78. The third-order valence-corrected chi connectivity index (χ3v) is 6.41. The average Bonchev–Trinajstić information content (AvgIpc) is 3.31. The highest BCUT2D eigenvalue weighted by Gasteiger charge is 2.42. The van der Waals surface area contributed by atoms with Crippen LogP contribution in [-0.2, 0) is 0 Å². The van der Waals surface area contributed by atoms with E-state index in [9.17, 15) is 9.50 Å². The minimum Gasteiger partial charge on any atom is -0.508 e. The van der Waals surface area contributed by atoms with Gasteiger partial charge in [0.15, 0.2) is 5.11 Å². The van der Waals surface area contributed by atoms with E-state index in [-0.39, 0.29) is 23.7 Å². The molecule has 2 N–H and O–H groups in total. The summed E-state index contributed by atoms with van der Waals surface area (Å²) in [6, 6.07) is 21.2. The van der Waals surface area contributed by atoms with E-state index in [1.165, 1.54) is 12.1 Å². The van der Waals surface area contributed by atoms with Gasteiger partial charge in [-0.1, -0.05) is 6.07 Å². The number of hydrogen-bond donors (Lipinski definition) is 2. The Labute approximate surface area is 197 Å². The number of thiocarbonyl (C=S) groups is 1. The number of phenolic OH excluding ortho intramolecular Hbond substituents is 1.